The van der Waals surface area contributed by atoms with Crippen molar-refractivity contribution in [1.29, 1.82) is 0 Å². The highest BCUT2D eigenvalue weighted by molar-refractivity contribution is 5.92. The zero-order chi connectivity index (χ0) is 26.4. The number of anilines is 1. The fraction of sp³-hybridized carbons (Fsp3) is 0.333. The number of likely N-dealkylation sites (tertiary alicyclic amines) is 1. The van der Waals surface area contributed by atoms with E-state index in [0.29, 0.717) is 31.0 Å². The third kappa shape index (κ3) is 6.34. The van der Waals surface area contributed by atoms with Gasteiger partial charge in [0.15, 0.2) is 0 Å². The van der Waals surface area contributed by atoms with Crippen LogP contribution in [0.3, 0.4) is 0 Å². The van der Waals surface area contributed by atoms with Crippen LogP contribution in [0.2, 0.25) is 0 Å². The minimum absolute atomic E-state index is 0.244. The number of carboxylic acids is 1. The lowest BCUT2D eigenvalue weighted by atomic mass is 10.0. The summed E-state index contributed by atoms with van der Waals surface area (Å²) in [5, 5.41) is 16.7. The molecule has 0 aliphatic carbocycles. The highest BCUT2D eigenvalue weighted by Gasteiger charge is 2.37. The SMILES string of the molecule is COc1ccc(C[C@@H](NCC(=O)O)C(=O)N2CCC[C@H]2C(=O)NCc2ccc3ccnc(N)c3c2)cc1. The van der Waals surface area contributed by atoms with E-state index in [1.54, 1.807) is 30.3 Å². The average molecular weight is 506 g/mol. The van der Waals surface area contributed by atoms with Crippen molar-refractivity contribution in [1.82, 2.24) is 20.5 Å². The number of nitrogen functional groups attached to an aromatic ring is 1. The molecular formula is C27H31N5O5. The number of nitrogens with two attached hydrogens (primary N) is 1. The number of rotatable bonds is 10. The second-order valence-corrected chi connectivity index (χ2v) is 9.04. The zero-order valence-corrected chi connectivity index (χ0v) is 20.6. The number of ether oxygens (including phenoxy) is 1. The van der Waals surface area contributed by atoms with E-state index in [1.807, 2.05) is 36.4 Å². The molecule has 0 unspecified atom stereocenters. The van der Waals surface area contributed by atoms with E-state index in [2.05, 4.69) is 15.6 Å². The molecule has 1 saturated heterocycles. The number of hydrogen-bond acceptors (Lipinski definition) is 7. The Labute approximate surface area is 214 Å². The normalized spacial score (nSPS) is 15.9. The topological polar surface area (TPSA) is 147 Å². The summed E-state index contributed by atoms with van der Waals surface area (Å²) in [5.74, 6) is -0.484. The molecule has 2 atom stereocenters. The third-order valence-electron chi connectivity index (χ3n) is 6.56. The predicted molar refractivity (Wildman–Crippen MR) is 139 cm³/mol. The molecule has 3 aromatic rings. The van der Waals surface area contributed by atoms with Crippen LogP contribution >= 0.6 is 0 Å². The van der Waals surface area contributed by atoms with Gasteiger partial charge in [-0.2, -0.15) is 0 Å². The Bertz CT molecular complexity index is 1280. The van der Waals surface area contributed by atoms with E-state index in [0.717, 1.165) is 21.9 Å². The molecule has 10 nitrogen and oxygen atoms in total. The van der Waals surface area contributed by atoms with Gasteiger partial charge in [0, 0.05) is 24.7 Å². The van der Waals surface area contributed by atoms with Crippen LogP contribution in [-0.4, -0.2) is 65.1 Å². The number of amides is 2. The lowest BCUT2D eigenvalue weighted by Gasteiger charge is -2.28. The van der Waals surface area contributed by atoms with Crippen LogP contribution in [0.5, 0.6) is 5.75 Å². The summed E-state index contributed by atoms with van der Waals surface area (Å²) in [7, 11) is 1.57. The lowest BCUT2D eigenvalue weighted by Crippen LogP contribution is -2.53. The average Bonchev–Trinajstić information content (AvgIpc) is 3.40. The molecule has 37 heavy (non-hydrogen) atoms. The van der Waals surface area contributed by atoms with Gasteiger partial charge in [0.25, 0.3) is 0 Å². The molecule has 4 rings (SSSR count). The van der Waals surface area contributed by atoms with E-state index in [1.165, 1.54) is 0 Å². The molecule has 0 radical (unpaired) electrons. The molecule has 0 spiro atoms. The summed E-state index contributed by atoms with van der Waals surface area (Å²) in [4.78, 5) is 43.5. The first-order valence-electron chi connectivity index (χ1n) is 12.1. The lowest BCUT2D eigenvalue weighted by molar-refractivity contribution is -0.141. The maximum Gasteiger partial charge on any atom is 0.317 e. The van der Waals surface area contributed by atoms with E-state index < -0.39 is 18.1 Å². The van der Waals surface area contributed by atoms with Crippen molar-refractivity contribution >= 4 is 34.4 Å². The van der Waals surface area contributed by atoms with Crippen LogP contribution in [0, 0.1) is 0 Å². The molecule has 0 saturated carbocycles. The van der Waals surface area contributed by atoms with E-state index in [9.17, 15) is 14.4 Å². The maximum absolute atomic E-state index is 13.5. The van der Waals surface area contributed by atoms with Gasteiger partial charge in [-0.05, 0) is 60.0 Å². The number of carboxylic acid groups (broad SMARTS) is 1. The van der Waals surface area contributed by atoms with Gasteiger partial charge < -0.3 is 25.8 Å². The highest BCUT2D eigenvalue weighted by Crippen LogP contribution is 2.22. The van der Waals surface area contributed by atoms with E-state index in [-0.39, 0.29) is 31.3 Å². The van der Waals surface area contributed by atoms with Crippen molar-refractivity contribution in [2.24, 2.45) is 0 Å². The van der Waals surface area contributed by atoms with Gasteiger partial charge in [-0.3, -0.25) is 19.7 Å². The first-order valence-corrected chi connectivity index (χ1v) is 12.1. The first kappa shape index (κ1) is 25.9. The standard InChI is InChI=1S/C27H31N5O5/c1-37-20-8-5-17(6-9-20)14-22(30-16-24(33)34)27(36)32-12-2-3-23(32)26(35)31-15-18-4-7-19-10-11-29-25(28)21(19)13-18/h4-11,13,22-23,30H,2-3,12,14-16H2,1H3,(H2,28,29)(H,31,35)(H,33,34)/t22-,23+/m1/s1. The molecule has 1 aromatic heterocycles. The molecule has 0 bridgehead atoms. The Hall–Kier alpha value is -4.18. The molecule has 2 amide bonds. The number of pyridine rings is 1. The Balaban J connectivity index is 1.43. The Kier molecular flexibility index (Phi) is 8.19. The second kappa shape index (κ2) is 11.7. The summed E-state index contributed by atoms with van der Waals surface area (Å²) in [6, 6.07) is 13.5. The zero-order valence-electron chi connectivity index (χ0n) is 20.6. The Morgan fingerprint density at radius 2 is 1.92 bits per heavy atom. The minimum atomic E-state index is -1.06. The number of carbonyl (C=O) groups excluding carboxylic acids is 2. The monoisotopic (exact) mass is 505 g/mol. The summed E-state index contributed by atoms with van der Waals surface area (Å²) in [6.45, 7) is 0.356. The molecular weight excluding hydrogens is 474 g/mol. The van der Waals surface area contributed by atoms with Crippen LogP contribution in [0.4, 0.5) is 5.82 Å². The fourth-order valence-electron chi connectivity index (χ4n) is 4.61. The predicted octanol–water partition coefficient (Wildman–Crippen LogP) is 1.72. The van der Waals surface area contributed by atoms with Gasteiger partial charge in [-0.15, -0.1) is 0 Å². The Morgan fingerprint density at radius 1 is 1.16 bits per heavy atom. The van der Waals surface area contributed by atoms with Crippen molar-refractivity contribution in [2.45, 2.75) is 37.9 Å². The van der Waals surface area contributed by atoms with Crippen LogP contribution in [0.25, 0.3) is 10.8 Å². The molecule has 2 heterocycles. The molecule has 1 fully saturated rings. The van der Waals surface area contributed by atoms with Crippen molar-refractivity contribution in [3.05, 3.63) is 65.9 Å². The molecule has 1 aliphatic heterocycles. The third-order valence-corrected chi connectivity index (χ3v) is 6.56. The number of hydrogen-bond donors (Lipinski definition) is 4. The van der Waals surface area contributed by atoms with Gasteiger partial charge in [0.2, 0.25) is 11.8 Å². The van der Waals surface area contributed by atoms with Crippen molar-refractivity contribution in [3.63, 3.8) is 0 Å². The van der Waals surface area contributed by atoms with Gasteiger partial charge in [-0.25, -0.2) is 4.98 Å². The molecule has 2 aromatic carbocycles. The molecule has 10 heteroatoms. The molecule has 5 N–H and O–H groups in total. The quantitative estimate of drug-likeness (QED) is 0.326. The van der Waals surface area contributed by atoms with Crippen LogP contribution in [-0.2, 0) is 27.3 Å². The second-order valence-electron chi connectivity index (χ2n) is 9.04. The van der Waals surface area contributed by atoms with E-state index in [4.69, 9.17) is 15.6 Å². The van der Waals surface area contributed by atoms with Crippen molar-refractivity contribution < 1.29 is 24.2 Å². The molecule has 194 valence electrons. The maximum atomic E-state index is 13.5. The minimum Gasteiger partial charge on any atom is -0.497 e. The summed E-state index contributed by atoms with van der Waals surface area (Å²) >= 11 is 0. The largest absolute Gasteiger partial charge is 0.497 e. The summed E-state index contributed by atoms with van der Waals surface area (Å²) in [6.07, 6.45) is 3.17. The number of methoxy groups -OCH3 is 1. The van der Waals surface area contributed by atoms with Gasteiger partial charge >= 0.3 is 5.97 Å². The Morgan fingerprint density at radius 3 is 2.65 bits per heavy atom. The first-order chi connectivity index (χ1) is 17.9. The van der Waals surface area contributed by atoms with Crippen LogP contribution < -0.4 is 21.1 Å². The summed E-state index contributed by atoms with van der Waals surface area (Å²) < 4.78 is 5.18. The van der Waals surface area contributed by atoms with Crippen molar-refractivity contribution in [3.8, 4) is 5.75 Å². The van der Waals surface area contributed by atoms with Crippen LogP contribution in [0.15, 0.2) is 54.7 Å². The number of aliphatic carboxylic acids is 1. The number of aromatic nitrogens is 1. The van der Waals surface area contributed by atoms with E-state index >= 15 is 0 Å². The number of carbonyl (C=O) groups is 3. The fourth-order valence-corrected chi connectivity index (χ4v) is 4.61. The smallest absolute Gasteiger partial charge is 0.317 e. The van der Waals surface area contributed by atoms with Gasteiger partial charge in [0.05, 0.1) is 19.7 Å². The number of nitrogens with one attached hydrogen (secondary N) is 2. The molecule has 1 aliphatic rings. The van der Waals surface area contributed by atoms with Crippen LogP contribution in [0.1, 0.15) is 24.0 Å². The van der Waals surface area contributed by atoms with Gasteiger partial charge in [0.1, 0.15) is 17.6 Å². The highest BCUT2D eigenvalue weighted by atomic mass is 16.5. The number of benzene rings is 2. The number of fused-ring (bicyclic) bond motifs is 1. The summed E-state index contributed by atoms with van der Waals surface area (Å²) in [5.41, 5.74) is 7.70. The van der Waals surface area contributed by atoms with Gasteiger partial charge in [-0.1, -0.05) is 24.3 Å². The van der Waals surface area contributed by atoms with Crippen molar-refractivity contribution in [2.75, 3.05) is 25.9 Å². The number of nitrogens with zero attached hydrogens (tertiary/aromatic N) is 2.